The number of rotatable bonds is 7. The molecule has 3 heterocycles. The average Bonchev–Trinajstić information content (AvgIpc) is 3.29. The summed E-state index contributed by atoms with van der Waals surface area (Å²) >= 11 is 0. The standard InChI is InChI=1S/C21H30N4O/c1-2-8-21(26-15-5-11-23-14-9-22-18-23)19(6-1)16-24-10-4-13-25-12-3-7-20(25)17-24/h1-2,6,8-9,14,18,20H,3-5,7,10-13,15-17H2/t20-/m0/s1. The number of fused-ring (bicyclic) bond motifs is 1. The van der Waals surface area contributed by atoms with Crippen molar-refractivity contribution in [2.24, 2.45) is 0 Å². The topological polar surface area (TPSA) is 33.5 Å². The number of ether oxygens (including phenoxy) is 1. The van der Waals surface area contributed by atoms with Gasteiger partial charge in [-0.1, -0.05) is 18.2 Å². The van der Waals surface area contributed by atoms with E-state index in [1.807, 2.05) is 18.7 Å². The van der Waals surface area contributed by atoms with E-state index in [1.165, 1.54) is 51.0 Å². The normalized spacial score (nSPS) is 21.5. The van der Waals surface area contributed by atoms with Crippen LogP contribution in [0.1, 0.15) is 31.2 Å². The van der Waals surface area contributed by atoms with Crippen LogP contribution in [0.2, 0.25) is 0 Å². The SMILES string of the molecule is c1ccc(OCCCn2ccnc2)c(CN2CCCN3CCC[C@H]3C2)c1. The molecule has 2 fully saturated rings. The van der Waals surface area contributed by atoms with Crippen molar-refractivity contribution in [2.75, 3.05) is 32.8 Å². The molecule has 0 saturated carbocycles. The van der Waals surface area contributed by atoms with Crippen LogP contribution in [0.5, 0.6) is 5.75 Å². The van der Waals surface area contributed by atoms with Crippen LogP contribution in [0, 0.1) is 0 Å². The Kier molecular flexibility index (Phi) is 5.87. The zero-order chi connectivity index (χ0) is 17.6. The Morgan fingerprint density at radius 2 is 2.04 bits per heavy atom. The summed E-state index contributed by atoms with van der Waals surface area (Å²) in [5, 5.41) is 0. The van der Waals surface area contributed by atoms with Gasteiger partial charge in [-0.25, -0.2) is 4.98 Å². The van der Waals surface area contributed by atoms with Gasteiger partial charge in [0, 0.05) is 43.6 Å². The molecular weight excluding hydrogens is 324 g/mol. The van der Waals surface area contributed by atoms with Crippen LogP contribution in [0.15, 0.2) is 43.0 Å². The number of imidazole rings is 1. The van der Waals surface area contributed by atoms with Crippen molar-refractivity contribution in [3.63, 3.8) is 0 Å². The number of hydrogen-bond acceptors (Lipinski definition) is 4. The number of nitrogens with zero attached hydrogens (tertiary/aromatic N) is 4. The van der Waals surface area contributed by atoms with Gasteiger partial charge in [-0.05, 0) is 51.4 Å². The number of hydrogen-bond donors (Lipinski definition) is 0. The van der Waals surface area contributed by atoms with Crippen LogP contribution in [0.25, 0.3) is 0 Å². The molecule has 0 N–H and O–H groups in total. The van der Waals surface area contributed by atoms with E-state index >= 15 is 0 Å². The maximum absolute atomic E-state index is 6.12. The molecule has 0 radical (unpaired) electrons. The molecule has 2 aliphatic rings. The third-order valence-corrected chi connectivity index (χ3v) is 5.63. The molecule has 26 heavy (non-hydrogen) atoms. The molecule has 140 valence electrons. The first-order chi connectivity index (χ1) is 12.9. The van der Waals surface area contributed by atoms with Crippen molar-refractivity contribution >= 4 is 0 Å². The van der Waals surface area contributed by atoms with Crippen molar-refractivity contribution in [3.8, 4) is 5.75 Å². The molecule has 2 aliphatic heterocycles. The van der Waals surface area contributed by atoms with E-state index in [-0.39, 0.29) is 0 Å². The fourth-order valence-electron chi connectivity index (χ4n) is 4.29. The molecule has 1 aromatic heterocycles. The molecule has 2 saturated heterocycles. The Morgan fingerprint density at radius 3 is 2.96 bits per heavy atom. The second-order valence-corrected chi connectivity index (χ2v) is 7.53. The molecular formula is C21H30N4O. The molecule has 5 nitrogen and oxygen atoms in total. The number of para-hydroxylation sites is 1. The highest BCUT2D eigenvalue weighted by atomic mass is 16.5. The van der Waals surface area contributed by atoms with Gasteiger partial charge in [0.25, 0.3) is 0 Å². The number of benzene rings is 1. The van der Waals surface area contributed by atoms with Crippen molar-refractivity contribution < 1.29 is 4.74 Å². The van der Waals surface area contributed by atoms with E-state index in [9.17, 15) is 0 Å². The lowest BCUT2D eigenvalue weighted by Gasteiger charge is -2.26. The van der Waals surface area contributed by atoms with E-state index in [4.69, 9.17) is 4.74 Å². The Hall–Kier alpha value is -1.85. The molecule has 0 aliphatic carbocycles. The molecule has 0 spiro atoms. The molecule has 1 atom stereocenters. The molecule has 0 bridgehead atoms. The van der Waals surface area contributed by atoms with Gasteiger partial charge in [-0.2, -0.15) is 0 Å². The summed E-state index contributed by atoms with van der Waals surface area (Å²) in [5.74, 6) is 1.05. The second-order valence-electron chi connectivity index (χ2n) is 7.53. The van der Waals surface area contributed by atoms with Crippen LogP contribution < -0.4 is 4.74 Å². The Labute approximate surface area is 156 Å². The van der Waals surface area contributed by atoms with Gasteiger partial charge in [0.2, 0.25) is 0 Å². The summed E-state index contributed by atoms with van der Waals surface area (Å²) in [7, 11) is 0. The molecule has 5 heteroatoms. The van der Waals surface area contributed by atoms with E-state index in [0.717, 1.165) is 37.9 Å². The first kappa shape index (κ1) is 17.6. The van der Waals surface area contributed by atoms with E-state index in [1.54, 1.807) is 0 Å². The van der Waals surface area contributed by atoms with E-state index in [0.29, 0.717) is 0 Å². The second kappa shape index (κ2) is 8.69. The summed E-state index contributed by atoms with van der Waals surface area (Å²) in [4.78, 5) is 9.40. The van der Waals surface area contributed by atoms with Crippen molar-refractivity contribution in [1.82, 2.24) is 19.4 Å². The summed E-state index contributed by atoms with van der Waals surface area (Å²) in [6.07, 6.45) is 10.7. The first-order valence-corrected chi connectivity index (χ1v) is 10.0. The van der Waals surface area contributed by atoms with Gasteiger partial charge >= 0.3 is 0 Å². The maximum atomic E-state index is 6.12. The highest BCUT2D eigenvalue weighted by Crippen LogP contribution is 2.25. The summed E-state index contributed by atoms with van der Waals surface area (Å²) in [6, 6.07) is 9.32. The Bertz CT molecular complexity index is 672. The molecule has 0 unspecified atom stereocenters. The van der Waals surface area contributed by atoms with E-state index in [2.05, 4.69) is 43.6 Å². The fourth-order valence-corrected chi connectivity index (χ4v) is 4.29. The summed E-state index contributed by atoms with van der Waals surface area (Å²) in [5.41, 5.74) is 1.32. The lowest BCUT2D eigenvalue weighted by atomic mass is 10.1. The molecule has 0 amide bonds. The van der Waals surface area contributed by atoms with Crippen LogP contribution in [0.4, 0.5) is 0 Å². The maximum Gasteiger partial charge on any atom is 0.123 e. The van der Waals surface area contributed by atoms with Crippen LogP contribution >= 0.6 is 0 Å². The van der Waals surface area contributed by atoms with Crippen molar-refractivity contribution in [1.29, 1.82) is 0 Å². The van der Waals surface area contributed by atoms with Gasteiger partial charge in [-0.3, -0.25) is 9.80 Å². The first-order valence-electron chi connectivity index (χ1n) is 10.0. The van der Waals surface area contributed by atoms with Crippen LogP contribution in [-0.2, 0) is 13.1 Å². The monoisotopic (exact) mass is 354 g/mol. The number of aromatic nitrogens is 2. The zero-order valence-electron chi connectivity index (χ0n) is 15.6. The minimum atomic E-state index is 0.742. The van der Waals surface area contributed by atoms with Crippen LogP contribution in [0.3, 0.4) is 0 Å². The molecule has 1 aromatic carbocycles. The Balaban J connectivity index is 1.31. The van der Waals surface area contributed by atoms with Gasteiger partial charge in [0.05, 0.1) is 12.9 Å². The third-order valence-electron chi connectivity index (χ3n) is 5.63. The average molecular weight is 354 g/mol. The van der Waals surface area contributed by atoms with E-state index < -0.39 is 0 Å². The lowest BCUT2D eigenvalue weighted by Crippen LogP contribution is -2.36. The predicted octanol–water partition coefficient (Wildman–Crippen LogP) is 3.02. The van der Waals surface area contributed by atoms with Gasteiger partial charge in [0.1, 0.15) is 5.75 Å². The lowest BCUT2D eigenvalue weighted by molar-refractivity contribution is 0.212. The highest BCUT2D eigenvalue weighted by Gasteiger charge is 2.28. The smallest absolute Gasteiger partial charge is 0.123 e. The van der Waals surface area contributed by atoms with Crippen molar-refractivity contribution in [2.45, 2.75) is 44.8 Å². The zero-order valence-corrected chi connectivity index (χ0v) is 15.6. The third kappa shape index (κ3) is 4.46. The van der Waals surface area contributed by atoms with Crippen molar-refractivity contribution in [3.05, 3.63) is 48.5 Å². The summed E-state index contributed by atoms with van der Waals surface area (Å²) in [6.45, 7) is 7.67. The predicted molar refractivity (Wildman–Crippen MR) is 103 cm³/mol. The number of aryl methyl sites for hydroxylation is 1. The highest BCUT2D eigenvalue weighted by molar-refractivity contribution is 5.33. The molecule has 2 aromatic rings. The van der Waals surface area contributed by atoms with Gasteiger partial charge in [-0.15, -0.1) is 0 Å². The van der Waals surface area contributed by atoms with Crippen LogP contribution in [-0.4, -0.2) is 58.2 Å². The molecule has 4 rings (SSSR count). The Morgan fingerprint density at radius 1 is 1.12 bits per heavy atom. The quantitative estimate of drug-likeness (QED) is 0.716. The largest absolute Gasteiger partial charge is 0.493 e. The van der Waals surface area contributed by atoms with Gasteiger partial charge < -0.3 is 9.30 Å². The minimum absolute atomic E-state index is 0.742. The minimum Gasteiger partial charge on any atom is -0.493 e. The summed E-state index contributed by atoms with van der Waals surface area (Å²) < 4.78 is 8.22. The fraction of sp³-hybridized carbons (Fsp3) is 0.571. The van der Waals surface area contributed by atoms with Gasteiger partial charge in [0.15, 0.2) is 0 Å².